The molecule has 5 heteroatoms. The Kier molecular flexibility index (Phi) is 3.96. The molecule has 2 aromatic rings. The van der Waals surface area contributed by atoms with E-state index in [9.17, 15) is 9.59 Å². The Morgan fingerprint density at radius 1 is 1.17 bits per heavy atom. The van der Waals surface area contributed by atoms with Gasteiger partial charge in [-0.2, -0.15) is 0 Å². The number of carbonyl (C=O) groups excluding carboxylic acids is 2. The van der Waals surface area contributed by atoms with Gasteiger partial charge in [0.15, 0.2) is 0 Å². The summed E-state index contributed by atoms with van der Waals surface area (Å²) < 4.78 is 0. The molecule has 4 nitrogen and oxygen atoms in total. The van der Waals surface area contributed by atoms with E-state index in [1.54, 1.807) is 17.8 Å². The summed E-state index contributed by atoms with van der Waals surface area (Å²) in [6.07, 6.45) is 2.03. The van der Waals surface area contributed by atoms with Gasteiger partial charge in [0, 0.05) is 10.5 Å². The lowest BCUT2D eigenvalue weighted by Crippen LogP contribution is -2.30. The quantitative estimate of drug-likeness (QED) is 0.694. The first-order valence-corrected chi connectivity index (χ1v) is 8.32. The van der Waals surface area contributed by atoms with Gasteiger partial charge in [-0.05, 0) is 41.1 Å². The van der Waals surface area contributed by atoms with E-state index in [-0.39, 0.29) is 11.6 Å². The first kappa shape index (κ1) is 15.4. The Bertz CT molecular complexity index is 812. The van der Waals surface area contributed by atoms with Crippen molar-refractivity contribution in [2.24, 2.45) is 5.73 Å². The highest BCUT2D eigenvalue weighted by Crippen LogP contribution is 2.34. The standard InChI is InChI=1S/C18H16N2O2S/c1-11(17(19)21)20-10-16-14(4-3-5-15(16)18(20)22)12-6-8-13(23-2)9-7-12/h3-9H,1,10H2,2H3,(H2,19,21). The maximum atomic E-state index is 12.5. The molecular formula is C18H16N2O2S. The Morgan fingerprint density at radius 3 is 2.43 bits per heavy atom. The molecule has 0 radical (unpaired) electrons. The minimum absolute atomic E-state index is 0.0230. The van der Waals surface area contributed by atoms with E-state index in [4.69, 9.17) is 5.73 Å². The topological polar surface area (TPSA) is 63.4 Å². The molecule has 3 rings (SSSR count). The van der Waals surface area contributed by atoms with Crippen LogP contribution in [0.15, 0.2) is 59.6 Å². The fraction of sp³-hybridized carbons (Fsp3) is 0.111. The number of carbonyl (C=O) groups is 2. The van der Waals surface area contributed by atoms with Crippen molar-refractivity contribution in [3.05, 3.63) is 65.9 Å². The molecule has 0 unspecified atom stereocenters. The summed E-state index contributed by atoms with van der Waals surface area (Å²) in [4.78, 5) is 26.3. The number of hydrogen-bond donors (Lipinski definition) is 1. The molecule has 0 spiro atoms. The normalized spacial score (nSPS) is 13.1. The summed E-state index contributed by atoms with van der Waals surface area (Å²) in [5, 5.41) is 0. The third-order valence-corrected chi connectivity index (χ3v) is 4.72. The van der Waals surface area contributed by atoms with Crippen LogP contribution in [0.5, 0.6) is 0 Å². The van der Waals surface area contributed by atoms with Crippen molar-refractivity contribution >= 4 is 23.6 Å². The zero-order valence-corrected chi connectivity index (χ0v) is 13.5. The highest BCUT2D eigenvalue weighted by Gasteiger charge is 2.32. The van der Waals surface area contributed by atoms with Gasteiger partial charge in [0.05, 0.1) is 6.54 Å². The zero-order chi connectivity index (χ0) is 16.6. The molecule has 0 atom stereocenters. The van der Waals surface area contributed by atoms with E-state index < -0.39 is 5.91 Å². The Hall–Kier alpha value is -2.53. The number of hydrogen-bond acceptors (Lipinski definition) is 3. The van der Waals surface area contributed by atoms with Crippen LogP contribution >= 0.6 is 11.8 Å². The third kappa shape index (κ3) is 2.64. The zero-order valence-electron chi connectivity index (χ0n) is 12.7. The van der Waals surface area contributed by atoms with Gasteiger partial charge in [-0.1, -0.05) is 30.8 Å². The molecule has 2 aromatic carbocycles. The van der Waals surface area contributed by atoms with E-state index in [2.05, 4.69) is 18.7 Å². The fourth-order valence-electron chi connectivity index (χ4n) is 2.72. The number of thioether (sulfide) groups is 1. The highest BCUT2D eigenvalue weighted by molar-refractivity contribution is 7.98. The summed E-state index contributed by atoms with van der Waals surface area (Å²) >= 11 is 1.68. The van der Waals surface area contributed by atoms with Gasteiger partial charge in [-0.15, -0.1) is 11.8 Å². The van der Waals surface area contributed by atoms with Crippen LogP contribution in [0.3, 0.4) is 0 Å². The summed E-state index contributed by atoms with van der Waals surface area (Å²) in [7, 11) is 0. The molecule has 2 N–H and O–H groups in total. The lowest BCUT2D eigenvalue weighted by Gasteiger charge is -2.15. The summed E-state index contributed by atoms with van der Waals surface area (Å²) in [6, 6.07) is 13.8. The van der Waals surface area contributed by atoms with E-state index in [1.165, 1.54) is 9.80 Å². The molecule has 0 aliphatic carbocycles. The lowest BCUT2D eigenvalue weighted by atomic mass is 9.97. The molecule has 0 saturated carbocycles. The van der Waals surface area contributed by atoms with Crippen LogP contribution in [-0.2, 0) is 11.3 Å². The van der Waals surface area contributed by atoms with Crippen molar-refractivity contribution in [2.45, 2.75) is 11.4 Å². The average molecular weight is 324 g/mol. The van der Waals surface area contributed by atoms with Gasteiger partial charge in [0.1, 0.15) is 5.70 Å². The van der Waals surface area contributed by atoms with E-state index in [1.807, 2.05) is 30.5 Å². The Labute approximate surface area is 139 Å². The fourth-order valence-corrected chi connectivity index (χ4v) is 3.13. The van der Waals surface area contributed by atoms with Crippen LogP contribution in [0, 0.1) is 0 Å². The molecule has 0 aromatic heterocycles. The van der Waals surface area contributed by atoms with E-state index in [0.29, 0.717) is 12.1 Å². The monoisotopic (exact) mass is 324 g/mol. The summed E-state index contributed by atoms with van der Waals surface area (Å²) in [5.41, 5.74) is 8.81. The van der Waals surface area contributed by atoms with Gasteiger partial charge >= 0.3 is 0 Å². The second-order valence-corrected chi connectivity index (χ2v) is 6.14. The molecule has 1 aliphatic rings. The Balaban J connectivity index is 2.03. The van der Waals surface area contributed by atoms with Crippen molar-refractivity contribution in [3.8, 4) is 11.1 Å². The van der Waals surface area contributed by atoms with Crippen LogP contribution in [0.4, 0.5) is 0 Å². The number of primary amides is 1. The lowest BCUT2D eigenvalue weighted by molar-refractivity contribution is -0.115. The van der Waals surface area contributed by atoms with Gasteiger partial charge in [-0.3, -0.25) is 14.5 Å². The van der Waals surface area contributed by atoms with E-state index in [0.717, 1.165) is 16.7 Å². The van der Waals surface area contributed by atoms with Crippen LogP contribution in [-0.4, -0.2) is 23.0 Å². The highest BCUT2D eigenvalue weighted by atomic mass is 32.2. The molecule has 0 saturated heterocycles. The minimum Gasteiger partial charge on any atom is -0.364 e. The van der Waals surface area contributed by atoms with Crippen LogP contribution in [0.2, 0.25) is 0 Å². The number of nitrogens with zero attached hydrogens (tertiary/aromatic N) is 1. The second kappa shape index (κ2) is 5.93. The maximum Gasteiger partial charge on any atom is 0.264 e. The summed E-state index contributed by atoms with van der Waals surface area (Å²) in [6.45, 7) is 3.94. The molecule has 2 amide bonds. The van der Waals surface area contributed by atoms with E-state index >= 15 is 0 Å². The van der Waals surface area contributed by atoms with Gasteiger partial charge in [0.25, 0.3) is 11.8 Å². The SMILES string of the molecule is C=C(C(N)=O)N1Cc2c(cccc2-c2ccc(SC)cc2)C1=O. The molecule has 116 valence electrons. The molecule has 0 bridgehead atoms. The summed E-state index contributed by atoms with van der Waals surface area (Å²) in [5.74, 6) is -0.914. The van der Waals surface area contributed by atoms with Gasteiger partial charge < -0.3 is 5.73 Å². The van der Waals surface area contributed by atoms with Crippen molar-refractivity contribution < 1.29 is 9.59 Å². The molecule has 0 fully saturated rings. The van der Waals surface area contributed by atoms with Crippen molar-refractivity contribution in [1.82, 2.24) is 4.90 Å². The van der Waals surface area contributed by atoms with Crippen molar-refractivity contribution in [3.63, 3.8) is 0 Å². The first-order chi connectivity index (χ1) is 11.0. The predicted octanol–water partition coefficient (Wildman–Crippen LogP) is 3.03. The van der Waals surface area contributed by atoms with Gasteiger partial charge in [-0.25, -0.2) is 0 Å². The molecule has 1 aliphatic heterocycles. The number of fused-ring (bicyclic) bond motifs is 1. The van der Waals surface area contributed by atoms with Crippen molar-refractivity contribution in [1.29, 1.82) is 0 Å². The predicted molar refractivity (Wildman–Crippen MR) is 91.9 cm³/mol. The average Bonchev–Trinajstić information content (AvgIpc) is 2.91. The first-order valence-electron chi connectivity index (χ1n) is 7.10. The van der Waals surface area contributed by atoms with Crippen LogP contribution in [0.25, 0.3) is 11.1 Å². The Morgan fingerprint density at radius 2 is 1.83 bits per heavy atom. The minimum atomic E-state index is -0.683. The third-order valence-electron chi connectivity index (χ3n) is 3.98. The molecular weight excluding hydrogens is 308 g/mol. The molecule has 1 heterocycles. The smallest absolute Gasteiger partial charge is 0.264 e. The van der Waals surface area contributed by atoms with Crippen LogP contribution < -0.4 is 5.73 Å². The maximum absolute atomic E-state index is 12.5. The van der Waals surface area contributed by atoms with Crippen molar-refractivity contribution in [2.75, 3.05) is 6.26 Å². The number of nitrogens with two attached hydrogens (primary N) is 1. The second-order valence-electron chi connectivity index (χ2n) is 5.26. The number of rotatable bonds is 4. The number of amides is 2. The van der Waals surface area contributed by atoms with Crippen LogP contribution in [0.1, 0.15) is 15.9 Å². The van der Waals surface area contributed by atoms with Gasteiger partial charge in [0.2, 0.25) is 0 Å². The largest absolute Gasteiger partial charge is 0.364 e. The number of benzene rings is 2. The molecule has 23 heavy (non-hydrogen) atoms.